The van der Waals surface area contributed by atoms with Gasteiger partial charge in [0.05, 0.1) is 5.41 Å². The summed E-state index contributed by atoms with van der Waals surface area (Å²) in [5.41, 5.74) is -0.0178. The summed E-state index contributed by atoms with van der Waals surface area (Å²) in [6.07, 6.45) is 8.07. The molecule has 0 bridgehead atoms. The SMILES string of the molecule is CCCC1(CCC)CN(C2CCCC2(C)C(=O)O)C1. The molecule has 1 heterocycles. The van der Waals surface area contributed by atoms with E-state index in [4.69, 9.17) is 0 Å². The van der Waals surface area contributed by atoms with Crippen molar-refractivity contribution in [1.29, 1.82) is 0 Å². The Morgan fingerprint density at radius 1 is 1.26 bits per heavy atom. The molecule has 110 valence electrons. The molecule has 3 nitrogen and oxygen atoms in total. The van der Waals surface area contributed by atoms with Crippen molar-refractivity contribution >= 4 is 5.97 Å². The van der Waals surface area contributed by atoms with Gasteiger partial charge in [-0.25, -0.2) is 0 Å². The lowest BCUT2D eigenvalue weighted by Gasteiger charge is -2.55. The Kier molecular flexibility index (Phi) is 4.24. The monoisotopic (exact) mass is 267 g/mol. The van der Waals surface area contributed by atoms with E-state index >= 15 is 0 Å². The van der Waals surface area contributed by atoms with Crippen LogP contribution in [0, 0.1) is 10.8 Å². The molecule has 1 saturated carbocycles. The summed E-state index contributed by atoms with van der Waals surface area (Å²) >= 11 is 0. The van der Waals surface area contributed by atoms with Crippen molar-refractivity contribution in [2.75, 3.05) is 13.1 Å². The standard InChI is InChI=1S/C16H29NO2/c1-4-8-16(9-5-2)11-17(12-16)13-7-6-10-15(13,3)14(18)19/h13H,4-12H2,1-3H3,(H,18,19). The zero-order valence-electron chi connectivity index (χ0n) is 12.7. The molecule has 1 N–H and O–H groups in total. The molecule has 2 unspecified atom stereocenters. The van der Waals surface area contributed by atoms with Crippen molar-refractivity contribution in [3.63, 3.8) is 0 Å². The largest absolute Gasteiger partial charge is 0.481 e. The normalized spacial score (nSPS) is 34.2. The lowest BCUT2D eigenvalue weighted by atomic mass is 9.70. The third kappa shape index (κ3) is 2.54. The highest BCUT2D eigenvalue weighted by Gasteiger charge is 2.53. The van der Waals surface area contributed by atoms with Gasteiger partial charge in [0, 0.05) is 19.1 Å². The lowest BCUT2D eigenvalue weighted by Crippen LogP contribution is -2.63. The molecule has 2 fully saturated rings. The van der Waals surface area contributed by atoms with Crippen LogP contribution in [0.1, 0.15) is 65.7 Å². The molecule has 2 rings (SSSR count). The van der Waals surface area contributed by atoms with E-state index in [2.05, 4.69) is 18.7 Å². The van der Waals surface area contributed by atoms with E-state index < -0.39 is 11.4 Å². The second kappa shape index (κ2) is 5.43. The number of hydrogen-bond donors (Lipinski definition) is 1. The minimum atomic E-state index is -0.599. The van der Waals surface area contributed by atoms with E-state index in [1.54, 1.807) is 0 Å². The van der Waals surface area contributed by atoms with Gasteiger partial charge in [-0.3, -0.25) is 9.69 Å². The Bertz CT molecular complexity index is 328. The zero-order valence-corrected chi connectivity index (χ0v) is 12.7. The average molecular weight is 267 g/mol. The van der Waals surface area contributed by atoms with Crippen LogP contribution in [-0.2, 0) is 4.79 Å². The van der Waals surface area contributed by atoms with Gasteiger partial charge < -0.3 is 5.11 Å². The maximum absolute atomic E-state index is 11.6. The minimum Gasteiger partial charge on any atom is -0.481 e. The van der Waals surface area contributed by atoms with Gasteiger partial charge in [-0.2, -0.15) is 0 Å². The number of likely N-dealkylation sites (tertiary alicyclic amines) is 1. The molecule has 19 heavy (non-hydrogen) atoms. The predicted molar refractivity (Wildman–Crippen MR) is 77.2 cm³/mol. The van der Waals surface area contributed by atoms with Crippen LogP contribution < -0.4 is 0 Å². The molecule has 1 aliphatic carbocycles. The van der Waals surface area contributed by atoms with Crippen LogP contribution in [0.5, 0.6) is 0 Å². The molecule has 2 aliphatic rings. The fourth-order valence-electron chi connectivity index (χ4n) is 4.52. The van der Waals surface area contributed by atoms with E-state index in [-0.39, 0.29) is 6.04 Å². The first kappa shape index (κ1) is 14.8. The number of rotatable bonds is 6. The average Bonchev–Trinajstić information content (AvgIpc) is 2.69. The maximum atomic E-state index is 11.6. The van der Waals surface area contributed by atoms with Gasteiger partial charge in [0.15, 0.2) is 0 Å². The fraction of sp³-hybridized carbons (Fsp3) is 0.938. The van der Waals surface area contributed by atoms with Gasteiger partial charge >= 0.3 is 5.97 Å². The quantitative estimate of drug-likeness (QED) is 0.800. The molecule has 1 saturated heterocycles. The molecule has 0 aromatic heterocycles. The highest BCUT2D eigenvalue weighted by atomic mass is 16.4. The van der Waals surface area contributed by atoms with Crippen LogP contribution in [-0.4, -0.2) is 35.1 Å². The Morgan fingerprint density at radius 3 is 2.32 bits per heavy atom. The first-order chi connectivity index (χ1) is 8.97. The Labute approximate surface area is 117 Å². The number of nitrogens with zero attached hydrogens (tertiary/aromatic N) is 1. The van der Waals surface area contributed by atoms with Crippen LogP contribution in [0.4, 0.5) is 0 Å². The molecule has 1 aliphatic heterocycles. The molecule has 0 aromatic carbocycles. The molecule has 2 atom stereocenters. The smallest absolute Gasteiger partial charge is 0.310 e. The number of aliphatic carboxylic acids is 1. The second-order valence-electron chi connectivity index (χ2n) is 7.04. The van der Waals surface area contributed by atoms with E-state index in [9.17, 15) is 9.90 Å². The van der Waals surface area contributed by atoms with Gasteiger partial charge in [0.1, 0.15) is 0 Å². The topological polar surface area (TPSA) is 40.5 Å². The van der Waals surface area contributed by atoms with Gasteiger partial charge in [0.25, 0.3) is 0 Å². The third-order valence-corrected chi connectivity index (χ3v) is 5.48. The van der Waals surface area contributed by atoms with E-state index in [1.165, 1.54) is 25.7 Å². The van der Waals surface area contributed by atoms with Crippen molar-refractivity contribution in [2.24, 2.45) is 10.8 Å². The first-order valence-corrected chi connectivity index (χ1v) is 7.95. The van der Waals surface area contributed by atoms with Gasteiger partial charge in [-0.1, -0.05) is 33.1 Å². The van der Waals surface area contributed by atoms with E-state index in [1.807, 2.05) is 6.92 Å². The summed E-state index contributed by atoms with van der Waals surface area (Å²) in [5, 5.41) is 9.52. The lowest BCUT2D eigenvalue weighted by molar-refractivity contribution is -0.155. The van der Waals surface area contributed by atoms with Gasteiger partial charge in [-0.05, 0) is 38.0 Å². The number of carboxylic acid groups (broad SMARTS) is 1. The fourth-order valence-corrected chi connectivity index (χ4v) is 4.52. The molecule has 3 heteroatoms. The zero-order chi connectivity index (χ0) is 14.1. The minimum absolute atomic E-state index is 0.270. The van der Waals surface area contributed by atoms with Crippen LogP contribution in [0.2, 0.25) is 0 Å². The first-order valence-electron chi connectivity index (χ1n) is 7.95. The Hall–Kier alpha value is -0.570. The molecule has 0 radical (unpaired) electrons. The van der Waals surface area contributed by atoms with Crippen molar-refractivity contribution < 1.29 is 9.90 Å². The number of hydrogen-bond acceptors (Lipinski definition) is 2. The maximum Gasteiger partial charge on any atom is 0.310 e. The van der Waals surface area contributed by atoms with Crippen molar-refractivity contribution in [3.05, 3.63) is 0 Å². The second-order valence-corrected chi connectivity index (χ2v) is 7.04. The molecular weight excluding hydrogens is 238 g/mol. The summed E-state index contributed by atoms with van der Waals surface area (Å²) < 4.78 is 0. The molecule has 0 amide bonds. The summed E-state index contributed by atoms with van der Waals surface area (Å²) in [6.45, 7) is 8.73. The molecule has 0 spiro atoms. The Balaban J connectivity index is 2.00. The van der Waals surface area contributed by atoms with Crippen molar-refractivity contribution in [2.45, 2.75) is 71.8 Å². The van der Waals surface area contributed by atoms with E-state index in [0.717, 1.165) is 32.4 Å². The van der Waals surface area contributed by atoms with Crippen LogP contribution >= 0.6 is 0 Å². The number of carbonyl (C=O) groups is 1. The summed E-state index contributed by atoms with van der Waals surface area (Å²) in [4.78, 5) is 14.0. The van der Waals surface area contributed by atoms with Crippen molar-refractivity contribution in [1.82, 2.24) is 4.90 Å². The van der Waals surface area contributed by atoms with Gasteiger partial charge in [-0.15, -0.1) is 0 Å². The molecular formula is C16H29NO2. The van der Waals surface area contributed by atoms with Gasteiger partial charge in [0.2, 0.25) is 0 Å². The van der Waals surface area contributed by atoms with Crippen LogP contribution in [0.3, 0.4) is 0 Å². The summed E-state index contributed by atoms with van der Waals surface area (Å²) in [6, 6.07) is 0.270. The highest BCUT2D eigenvalue weighted by Crippen LogP contribution is 2.48. The predicted octanol–water partition coefficient (Wildman–Crippen LogP) is 3.53. The van der Waals surface area contributed by atoms with E-state index in [0.29, 0.717) is 5.41 Å². The highest BCUT2D eigenvalue weighted by molar-refractivity contribution is 5.75. The van der Waals surface area contributed by atoms with Crippen LogP contribution in [0.25, 0.3) is 0 Å². The summed E-state index contributed by atoms with van der Waals surface area (Å²) in [5.74, 6) is -0.599. The van der Waals surface area contributed by atoms with Crippen LogP contribution in [0.15, 0.2) is 0 Å². The van der Waals surface area contributed by atoms with Crippen molar-refractivity contribution in [3.8, 4) is 0 Å². The number of carboxylic acids is 1. The summed E-state index contributed by atoms with van der Waals surface area (Å²) in [7, 11) is 0. The third-order valence-electron chi connectivity index (χ3n) is 5.48. The Morgan fingerprint density at radius 2 is 1.84 bits per heavy atom. The molecule has 0 aromatic rings.